The fourth-order valence-electron chi connectivity index (χ4n) is 2.45. The monoisotopic (exact) mass is 391 g/mol. The zero-order chi connectivity index (χ0) is 18.7. The molecule has 3 aromatic rings. The Balaban J connectivity index is 1.98. The van der Waals surface area contributed by atoms with Crippen LogP contribution in [0.15, 0.2) is 27.6 Å². The largest absolute Gasteiger partial charge is 0.461 e. The van der Waals surface area contributed by atoms with Crippen LogP contribution in [0.25, 0.3) is 12.2 Å². The van der Waals surface area contributed by atoms with Crippen LogP contribution < -0.4 is 14.8 Å². The predicted octanol–water partition coefficient (Wildman–Crippen LogP) is 2.48. The molecule has 3 rings (SSSR count). The number of nitrogens with zero attached hydrogens (tertiary/aromatic N) is 2. The summed E-state index contributed by atoms with van der Waals surface area (Å²) < 4.78 is 7.73. The molecule has 6 nitrogen and oxygen atoms in total. The fraction of sp³-hybridized carbons (Fsp3) is 0.278. The Labute approximate surface area is 158 Å². The van der Waals surface area contributed by atoms with Crippen LogP contribution in [0.1, 0.15) is 41.6 Å². The second-order valence-corrected chi connectivity index (χ2v) is 7.22. The lowest BCUT2D eigenvalue weighted by atomic mass is 10.2. The molecule has 0 radical (unpaired) electrons. The van der Waals surface area contributed by atoms with Gasteiger partial charge in [0.05, 0.1) is 21.2 Å². The molecule has 3 heterocycles. The van der Waals surface area contributed by atoms with Gasteiger partial charge in [0.15, 0.2) is 5.76 Å². The highest BCUT2D eigenvalue weighted by Gasteiger charge is 2.12. The van der Waals surface area contributed by atoms with Crippen molar-refractivity contribution in [1.29, 1.82) is 0 Å². The number of hydrogen-bond acceptors (Lipinski definition) is 5. The van der Waals surface area contributed by atoms with E-state index in [9.17, 15) is 9.59 Å². The van der Waals surface area contributed by atoms with Crippen LogP contribution in [0.5, 0.6) is 0 Å². The summed E-state index contributed by atoms with van der Waals surface area (Å²) in [5.41, 5.74) is 1.21. The molecule has 0 saturated carbocycles. The number of thiazole rings is 1. The number of aromatic amines is 1. The number of rotatable bonds is 6. The highest BCUT2D eigenvalue weighted by atomic mass is 35.5. The van der Waals surface area contributed by atoms with E-state index in [2.05, 4.69) is 17.0 Å². The summed E-state index contributed by atoms with van der Waals surface area (Å²) >= 11 is 7.60. The number of H-pyrrole nitrogens is 1. The van der Waals surface area contributed by atoms with Gasteiger partial charge in [-0.3, -0.25) is 14.3 Å². The van der Waals surface area contributed by atoms with Crippen LogP contribution in [0.3, 0.4) is 0 Å². The molecule has 0 amide bonds. The van der Waals surface area contributed by atoms with E-state index in [4.69, 9.17) is 16.0 Å². The van der Waals surface area contributed by atoms with Gasteiger partial charge < -0.3 is 9.40 Å². The smallest absolute Gasteiger partial charge is 0.266 e. The highest BCUT2D eigenvalue weighted by Crippen LogP contribution is 2.20. The Kier molecular flexibility index (Phi) is 5.58. The van der Waals surface area contributed by atoms with Crippen LogP contribution in [-0.4, -0.2) is 20.5 Å². The maximum atomic E-state index is 12.2. The predicted molar refractivity (Wildman–Crippen MR) is 102 cm³/mol. The lowest BCUT2D eigenvalue weighted by molar-refractivity contribution is 0.103. The third-order valence-corrected chi connectivity index (χ3v) is 5.18. The van der Waals surface area contributed by atoms with Gasteiger partial charge in [0.1, 0.15) is 5.15 Å². The number of nitrogens with one attached hydrogen (secondary N) is 1. The van der Waals surface area contributed by atoms with Crippen LogP contribution in [-0.2, 0) is 6.54 Å². The fourth-order valence-corrected chi connectivity index (χ4v) is 3.63. The van der Waals surface area contributed by atoms with Crippen molar-refractivity contribution in [3.8, 4) is 0 Å². The lowest BCUT2D eigenvalue weighted by Crippen LogP contribution is -2.20. The first kappa shape index (κ1) is 18.4. The molecular formula is C18H18ClN3O3S. The SMILES string of the molecule is CCCCn1nc(C)c(/C=c2\s/c(=C\C(=O)c3ccco3)[nH]c2=O)c1Cl. The standard InChI is InChI=1S/C18H18ClN3O3S/c1-3-4-7-22-17(19)12(11(2)21-22)9-15-18(24)20-16(26-15)10-13(23)14-6-5-8-25-14/h5-6,8-10H,3-4,7H2,1-2H3,(H,20,24)/b15-9-,16-10-. The Morgan fingerprint density at radius 2 is 2.31 bits per heavy atom. The van der Waals surface area contributed by atoms with Gasteiger partial charge in [-0.2, -0.15) is 5.10 Å². The van der Waals surface area contributed by atoms with Crippen molar-refractivity contribution in [2.24, 2.45) is 0 Å². The quantitative estimate of drug-likeness (QED) is 0.654. The van der Waals surface area contributed by atoms with E-state index >= 15 is 0 Å². The second-order valence-electron chi connectivity index (χ2n) is 5.78. The number of halogens is 1. The molecule has 0 aromatic carbocycles. The first-order valence-electron chi connectivity index (χ1n) is 8.23. The number of unbranched alkanes of at least 4 members (excludes halogenated alkanes) is 1. The summed E-state index contributed by atoms with van der Waals surface area (Å²) in [6.07, 6.45) is 6.51. The van der Waals surface area contributed by atoms with Crippen molar-refractivity contribution < 1.29 is 9.21 Å². The van der Waals surface area contributed by atoms with Gasteiger partial charge in [-0.05, 0) is 31.6 Å². The van der Waals surface area contributed by atoms with Crippen molar-refractivity contribution >= 4 is 40.9 Å². The Morgan fingerprint density at radius 1 is 1.50 bits per heavy atom. The molecule has 8 heteroatoms. The van der Waals surface area contributed by atoms with E-state index < -0.39 is 0 Å². The topological polar surface area (TPSA) is 80.9 Å². The minimum absolute atomic E-state index is 0.223. The number of aromatic nitrogens is 3. The second kappa shape index (κ2) is 7.88. The molecule has 0 aliphatic heterocycles. The molecule has 0 unspecified atom stereocenters. The van der Waals surface area contributed by atoms with E-state index in [1.54, 1.807) is 22.9 Å². The van der Waals surface area contributed by atoms with Gasteiger partial charge in [0.2, 0.25) is 5.78 Å². The molecule has 0 spiro atoms. The summed E-state index contributed by atoms with van der Waals surface area (Å²) in [5, 5.41) is 4.95. The van der Waals surface area contributed by atoms with Gasteiger partial charge in [0.25, 0.3) is 5.56 Å². The summed E-state index contributed by atoms with van der Waals surface area (Å²) in [6.45, 7) is 4.70. The van der Waals surface area contributed by atoms with Crippen LogP contribution in [0.2, 0.25) is 5.15 Å². The van der Waals surface area contributed by atoms with Crippen LogP contribution in [0, 0.1) is 6.92 Å². The molecular weight excluding hydrogens is 374 g/mol. The van der Waals surface area contributed by atoms with Crippen molar-refractivity contribution in [3.63, 3.8) is 0 Å². The van der Waals surface area contributed by atoms with Crippen molar-refractivity contribution in [2.45, 2.75) is 33.2 Å². The average molecular weight is 392 g/mol. The van der Waals surface area contributed by atoms with Crippen molar-refractivity contribution in [1.82, 2.24) is 14.8 Å². The summed E-state index contributed by atoms with van der Waals surface area (Å²) in [6, 6.07) is 3.21. The van der Waals surface area contributed by atoms with E-state index in [0.29, 0.717) is 14.3 Å². The average Bonchev–Trinajstić information content (AvgIpc) is 3.30. The van der Waals surface area contributed by atoms with Gasteiger partial charge in [-0.1, -0.05) is 24.9 Å². The Hall–Kier alpha value is -2.38. The number of carbonyl (C=O) groups is 1. The van der Waals surface area contributed by atoms with Crippen LogP contribution >= 0.6 is 22.9 Å². The molecule has 0 fully saturated rings. The van der Waals surface area contributed by atoms with E-state index in [1.165, 1.54) is 23.7 Å². The molecule has 0 saturated heterocycles. The number of hydrogen-bond donors (Lipinski definition) is 1. The minimum atomic E-state index is -0.305. The molecule has 1 N–H and O–H groups in total. The van der Waals surface area contributed by atoms with Gasteiger partial charge in [-0.25, -0.2) is 0 Å². The summed E-state index contributed by atoms with van der Waals surface area (Å²) in [7, 11) is 0. The number of carbonyl (C=O) groups excluding carboxylic acids is 1. The zero-order valence-electron chi connectivity index (χ0n) is 14.4. The van der Waals surface area contributed by atoms with Gasteiger partial charge in [0, 0.05) is 18.2 Å². The molecule has 0 atom stereocenters. The molecule has 136 valence electrons. The Morgan fingerprint density at radius 3 is 3.00 bits per heavy atom. The number of furan rings is 1. The third kappa shape index (κ3) is 3.89. The first-order chi connectivity index (χ1) is 12.5. The zero-order valence-corrected chi connectivity index (χ0v) is 16.0. The van der Waals surface area contributed by atoms with E-state index in [1.807, 2.05) is 6.92 Å². The maximum absolute atomic E-state index is 12.2. The summed E-state index contributed by atoms with van der Waals surface area (Å²) in [5.74, 6) is -0.0819. The number of aryl methyl sites for hydroxylation is 2. The third-order valence-electron chi connectivity index (χ3n) is 3.81. The lowest BCUT2D eigenvalue weighted by Gasteiger charge is -2.00. The number of Topliss-reactive ketones (excluding diaryl/α,β-unsaturated/α-hetero) is 1. The normalized spacial score (nSPS) is 12.9. The number of ketones is 1. The maximum Gasteiger partial charge on any atom is 0.266 e. The summed E-state index contributed by atoms with van der Waals surface area (Å²) in [4.78, 5) is 27.0. The molecule has 0 bridgehead atoms. The minimum Gasteiger partial charge on any atom is -0.461 e. The molecule has 26 heavy (non-hydrogen) atoms. The van der Waals surface area contributed by atoms with E-state index in [0.717, 1.165) is 30.6 Å². The van der Waals surface area contributed by atoms with Gasteiger partial charge >= 0.3 is 0 Å². The van der Waals surface area contributed by atoms with Crippen molar-refractivity contribution in [3.05, 3.63) is 60.1 Å². The highest BCUT2D eigenvalue weighted by molar-refractivity contribution is 7.07. The Bertz CT molecular complexity index is 1090. The van der Waals surface area contributed by atoms with Crippen molar-refractivity contribution in [2.75, 3.05) is 0 Å². The van der Waals surface area contributed by atoms with Gasteiger partial charge in [-0.15, -0.1) is 11.3 Å². The molecule has 0 aliphatic rings. The van der Waals surface area contributed by atoms with Crippen LogP contribution in [0.4, 0.5) is 0 Å². The molecule has 3 aromatic heterocycles. The first-order valence-corrected chi connectivity index (χ1v) is 9.42. The van der Waals surface area contributed by atoms with E-state index in [-0.39, 0.29) is 17.1 Å². The molecule has 0 aliphatic carbocycles.